The highest BCUT2D eigenvalue weighted by Gasteiger charge is 2.20. The van der Waals surface area contributed by atoms with Gasteiger partial charge in [0.15, 0.2) is 0 Å². The monoisotopic (exact) mass is 232 g/mol. The Labute approximate surface area is 103 Å². The summed E-state index contributed by atoms with van der Waals surface area (Å²) in [6, 6.07) is 8.15. The van der Waals surface area contributed by atoms with E-state index in [9.17, 15) is 4.79 Å². The molecule has 1 aliphatic heterocycles. The van der Waals surface area contributed by atoms with E-state index in [1.807, 2.05) is 4.90 Å². The van der Waals surface area contributed by atoms with Gasteiger partial charge >= 0.3 is 0 Å². The number of rotatable bonds is 3. The van der Waals surface area contributed by atoms with Gasteiger partial charge in [-0.05, 0) is 25.3 Å². The van der Waals surface area contributed by atoms with Gasteiger partial charge in [-0.2, -0.15) is 0 Å². The molecular weight excluding hydrogens is 212 g/mol. The summed E-state index contributed by atoms with van der Waals surface area (Å²) in [4.78, 5) is 13.6. The molecule has 1 saturated heterocycles. The van der Waals surface area contributed by atoms with Crippen molar-refractivity contribution in [1.82, 2.24) is 4.90 Å². The third-order valence-corrected chi connectivity index (χ3v) is 3.34. The number of piperidine rings is 1. The topological polar surface area (TPSA) is 46.3 Å². The number of likely N-dealkylation sites (tertiary alicyclic amines) is 1. The minimum atomic E-state index is -0.0716. The van der Waals surface area contributed by atoms with Crippen LogP contribution in [0.3, 0.4) is 0 Å². The van der Waals surface area contributed by atoms with E-state index >= 15 is 0 Å². The van der Waals surface area contributed by atoms with E-state index in [2.05, 4.69) is 31.2 Å². The first-order valence-electron chi connectivity index (χ1n) is 6.27. The molecule has 1 aliphatic rings. The maximum atomic E-state index is 11.7. The van der Waals surface area contributed by atoms with Gasteiger partial charge in [0.1, 0.15) is 0 Å². The highest BCUT2D eigenvalue weighted by Crippen LogP contribution is 2.16. The molecule has 0 aromatic heterocycles. The van der Waals surface area contributed by atoms with E-state index in [4.69, 9.17) is 5.73 Å². The Morgan fingerprint density at radius 2 is 2.00 bits per heavy atom. The molecule has 1 unspecified atom stereocenters. The van der Waals surface area contributed by atoms with E-state index in [0.29, 0.717) is 13.0 Å². The quantitative estimate of drug-likeness (QED) is 0.866. The molecule has 0 radical (unpaired) electrons. The van der Waals surface area contributed by atoms with Gasteiger partial charge in [0.25, 0.3) is 0 Å². The SMILES string of the molecule is Cc1ccc(C(N)CN2CCCCC2=O)cc1. The molecule has 1 fully saturated rings. The lowest BCUT2D eigenvalue weighted by molar-refractivity contribution is -0.133. The molecule has 92 valence electrons. The number of hydrogen-bond donors (Lipinski definition) is 1. The predicted molar refractivity (Wildman–Crippen MR) is 68.5 cm³/mol. The molecule has 1 aromatic carbocycles. The molecule has 1 aromatic rings. The molecule has 0 aliphatic carbocycles. The average Bonchev–Trinajstić information content (AvgIpc) is 2.33. The lowest BCUT2D eigenvalue weighted by Crippen LogP contribution is -2.40. The van der Waals surface area contributed by atoms with E-state index in [1.54, 1.807) is 0 Å². The van der Waals surface area contributed by atoms with Gasteiger partial charge < -0.3 is 10.6 Å². The van der Waals surface area contributed by atoms with Gasteiger partial charge in [-0.25, -0.2) is 0 Å². The number of nitrogens with zero attached hydrogens (tertiary/aromatic N) is 1. The molecular formula is C14H20N2O. The van der Waals surface area contributed by atoms with Crippen molar-refractivity contribution in [2.45, 2.75) is 32.2 Å². The number of carbonyl (C=O) groups is 1. The van der Waals surface area contributed by atoms with Crippen molar-refractivity contribution < 1.29 is 4.79 Å². The number of benzene rings is 1. The van der Waals surface area contributed by atoms with Crippen LogP contribution in [0.2, 0.25) is 0 Å². The first-order valence-corrected chi connectivity index (χ1v) is 6.27. The molecule has 3 nitrogen and oxygen atoms in total. The summed E-state index contributed by atoms with van der Waals surface area (Å²) in [5.74, 6) is 0.249. The standard InChI is InChI=1S/C14H20N2O/c1-11-5-7-12(8-6-11)13(15)10-16-9-3-2-4-14(16)17/h5-8,13H,2-4,9-10,15H2,1H3. The molecule has 2 rings (SSSR count). The van der Waals surface area contributed by atoms with Gasteiger partial charge in [-0.1, -0.05) is 29.8 Å². The Bertz CT molecular complexity index is 386. The molecule has 0 spiro atoms. The third-order valence-electron chi connectivity index (χ3n) is 3.34. The summed E-state index contributed by atoms with van der Waals surface area (Å²) < 4.78 is 0. The van der Waals surface area contributed by atoms with Crippen LogP contribution < -0.4 is 5.73 Å². The lowest BCUT2D eigenvalue weighted by atomic mass is 10.0. The summed E-state index contributed by atoms with van der Waals surface area (Å²) in [7, 11) is 0. The molecule has 2 N–H and O–H groups in total. The van der Waals surface area contributed by atoms with E-state index in [1.165, 1.54) is 5.56 Å². The largest absolute Gasteiger partial charge is 0.341 e. The van der Waals surface area contributed by atoms with Crippen molar-refractivity contribution in [2.75, 3.05) is 13.1 Å². The second-order valence-corrected chi connectivity index (χ2v) is 4.81. The second kappa shape index (κ2) is 5.32. The number of carbonyl (C=O) groups excluding carboxylic acids is 1. The van der Waals surface area contributed by atoms with Gasteiger partial charge in [0, 0.05) is 25.6 Å². The van der Waals surface area contributed by atoms with Crippen molar-refractivity contribution in [3.8, 4) is 0 Å². The Hall–Kier alpha value is -1.35. The molecule has 17 heavy (non-hydrogen) atoms. The molecule has 1 amide bonds. The van der Waals surface area contributed by atoms with Crippen molar-refractivity contribution >= 4 is 5.91 Å². The van der Waals surface area contributed by atoms with Crippen LogP contribution in [0.4, 0.5) is 0 Å². The first kappa shape index (κ1) is 12.1. The van der Waals surface area contributed by atoms with Crippen LogP contribution in [0.1, 0.15) is 36.4 Å². The number of hydrogen-bond acceptors (Lipinski definition) is 2. The first-order chi connectivity index (χ1) is 8.16. The Kier molecular flexibility index (Phi) is 3.79. The van der Waals surface area contributed by atoms with Crippen molar-refractivity contribution in [3.63, 3.8) is 0 Å². The second-order valence-electron chi connectivity index (χ2n) is 4.81. The third kappa shape index (κ3) is 3.07. The van der Waals surface area contributed by atoms with Gasteiger partial charge in [0.2, 0.25) is 5.91 Å². The van der Waals surface area contributed by atoms with Crippen LogP contribution in [0, 0.1) is 6.92 Å². The molecule has 3 heteroatoms. The molecule has 0 saturated carbocycles. The van der Waals surface area contributed by atoms with Crippen molar-refractivity contribution in [2.24, 2.45) is 5.73 Å². The lowest BCUT2D eigenvalue weighted by Gasteiger charge is -2.29. The van der Waals surface area contributed by atoms with Crippen LogP contribution in [-0.2, 0) is 4.79 Å². The van der Waals surface area contributed by atoms with Crippen molar-refractivity contribution in [1.29, 1.82) is 0 Å². The predicted octanol–water partition coefficient (Wildman–Crippen LogP) is 2.01. The summed E-state index contributed by atoms with van der Waals surface area (Å²) in [6.07, 6.45) is 2.81. The summed E-state index contributed by atoms with van der Waals surface area (Å²) in [6.45, 7) is 3.56. The fraction of sp³-hybridized carbons (Fsp3) is 0.500. The Morgan fingerprint density at radius 3 is 2.65 bits per heavy atom. The Balaban J connectivity index is 1.98. The summed E-state index contributed by atoms with van der Waals surface area (Å²) in [5, 5.41) is 0. The summed E-state index contributed by atoms with van der Waals surface area (Å²) >= 11 is 0. The fourth-order valence-corrected chi connectivity index (χ4v) is 2.21. The number of aryl methyl sites for hydroxylation is 1. The molecule has 0 bridgehead atoms. The van der Waals surface area contributed by atoms with Crippen LogP contribution in [0.5, 0.6) is 0 Å². The van der Waals surface area contributed by atoms with Crippen LogP contribution in [0.25, 0.3) is 0 Å². The maximum Gasteiger partial charge on any atom is 0.222 e. The maximum absolute atomic E-state index is 11.7. The zero-order valence-corrected chi connectivity index (χ0v) is 10.4. The highest BCUT2D eigenvalue weighted by molar-refractivity contribution is 5.76. The Morgan fingerprint density at radius 1 is 1.29 bits per heavy atom. The van der Waals surface area contributed by atoms with Crippen LogP contribution >= 0.6 is 0 Å². The smallest absolute Gasteiger partial charge is 0.222 e. The van der Waals surface area contributed by atoms with Crippen LogP contribution in [0.15, 0.2) is 24.3 Å². The average molecular weight is 232 g/mol. The van der Waals surface area contributed by atoms with Gasteiger partial charge in [0.05, 0.1) is 0 Å². The van der Waals surface area contributed by atoms with Crippen molar-refractivity contribution in [3.05, 3.63) is 35.4 Å². The summed E-state index contributed by atoms with van der Waals surface area (Å²) in [5.41, 5.74) is 8.48. The number of nitrogens with two attached hydrogens (primary N) is 1. The van der Waals surface area contributed by atoms with E-state index < -0.39 is 0 Å². The minimum absolute atomic E-state index is 0.0716. The number of amides is 1. The van der Waals surface area contributed by atoms with Crippen LogP contribution in [-0.4, -0.2) is 23.9 Å². The van der Waals surface area contributed by atoms with Gasteiger partial charge in [-0.15, -0.1) is 0 Å². The zero-order chi connectivity index (χ0) is 12.3. The minimum Gasteiger partial charge on any atom is -0.341 e. The molecule has 1 heterocycles. The zero-order valence-electron chi connectivity index (χ0n) is 10.4. The fourth-order valence-electron chi connectivity index (χ4n) is 2.21. The van der Waals surface area contributed by atoms with E-state index in [0.717, 1.165) is 24.9 Å². The molecule has 1 atom stereocenters. The highest BCUT2D eigenvalue weighted by atomic mass is 16.2. The normalized spacial score (nSPS) is 18.2. The van der Waals surface area contributed by atoms with E-state index in [-0.39, 0.29) is 11.9 Å². The van der Waals surface area contributed by atoms with Gasteiger partial charge in [-0.3, -0.25) is 4.79 Å².